The highest BCUT2D eigenvalue weighted by molar-refractivity contribution is 5.99. The number of benzene rings is 1. The van der Waals surface area contributed by atoms with E-state index in [0.29, 0.717) is 18.7 Å². The molecule has 1 aliphatic rings. The molecule has 1 aliphatic heterocycles. The Hall–Kier alpha value is -1.88. The van der Waals surface area contributed by atoms with Crippen molar-refractivity contribution < 1.29 is 14.3 Å². The molecule has 21 heavy (non-hydrogen) atoms. The highest BCUT2D eigenvalue weighted by Gasteiger charge is 2.29. The number of rotatable bonds is 3. The number of ether oxygens (including phenoxy) is 1. The second-order valence-corrected chi connectivity index (χ2v) is 6.18. The van der Waals surface area contributed by atoms with Crippen molar-refractivity contribution in [2.45, 2.75) is 32.8 Å². The third-order valence-electron chi connectivity index (χ3n) is 3.25. The van der Waals surface area contributed by atoms with E-state index in [2.05, 4.69) is 5.32 Å². The van der Waals surface area contributed by atoms with Crippen molar-refractivity contribution in [3.05, 3.63) is 29.3 Å². The van der Waals surface area contributed by atoms with Crippen LogP contribution in [-0.4, -0.2) is 37.6 Å². The van der Waals surface area contributed by atoms with Gasteiger partial charge in [-0.25, -0.2) is 4.79 Å². The Morgan fingerprint density at radius 2 is 2.05 bits per heavy atom. The van der Waals surface area contributed by atoms with Gasteiger partial charge in [0.1, 0.15) is 5.60 Å². The van der Waals surface area contributed by atoms with E-state index in [1.165, 1.54) is 0 Å². The van der Waals surface area contributed by atoms with Crippen LogP contribution in [0.3, 0.4) is 0 Å². The third kappa shape index (κ3) is 3.61. The van der Waals surface area contributed by atoms with E-state index in [1.54, 1.807) is 18.0 Å². The summed E-state index contributed by atoms with van der Waals surface area (Å²) in [6, 6.07) is 5.47. The molecule has 0 aromatic heterocycles. The summed E-state index contributed by atoms with van der Waals surface area (Å²) in [5.74, 6) is 0.0519. The maximum atomic E-state index is 12.2. The Labute approximate surface area is 125 Å². The van der Waals surface area contributed by atoms with Gasteiger partial charge in [-0.05, 0) is 58.0 Å². The molecule has 0 saturated heterocycles. The predicted octanol–water partition coefficient (Wildman–Crippen LogP) is 2.39. The minimum Gasteiger partial charge on any atom is -0.443 e. The summed E-state index contributed by atoms with van der Waals surface area (Å²) in [5, 5.41) is 2.85. The molecule has 0 radical (unpaired) electrons. The van der Waals surface area contributed by atoms with E-state index >= 15 is 0 Å². The molecule has 0 unspecified atom stereocenters. The molecule has 1 heterocycles. The largest absolute Gasteiger partial charge is 0.443 e. The molecule has 0 saturated carbocycles. The molecule has 5 heteroatoms. The number of nitrogens with zero attached hydrogens (tertiary/aromatic N) is 1. The molecule has 0 atom stereocenters. The Balaban J connectivity index is 2.18. The first-order chi connectivity index (χ1) is 9.81. The van der Waals surface area contributed by atoms with Crippen molar-refractivity contribution in [1.82, 2.24) is 5.32 Å². The molecule has 2 rings (SSSR count). The normalized spacial score (nSPS) is 14.0. The Bertz CT molecular complexity index is 561. The fourth-order valence-electron chi connectivity index (χ4n) is 2.34. The molecule has 1 aromatic rings. The van der Waals surface area contributed by atoms with Crippen LogP contribution in [0.2, 0.25) is 0 Å². The van der Waals surface area contributed by atoms with Gasteiger partial charge in [-0.2, -0.15) is 0 Å². The molecular formula is C16H22N2O3. The summed E-state index contributed by atoms with van der Waals surface area (Å²) in [6.07, 6.45) is 0.408. The van der Waals surface area contributed by atoms with Gasteiger partial charge < -0.3 is 10.1 Å². The lowest BCUT2D eigenvalue weighted by Crippen LogP contribution is -2.35. The van der Waals surface area contributed by atoms with Crippen LogP contribution < -0.4 is 10.2 Å². The van der Waals surface area contributed by atoms with Crippen molar-refractivity contribution in [2.75, 3.05) is 25.0 Å². The van der Waals surface area contributed by atoms with Crippen LogP contribution in [0, 0.1) is 0 Å². The third-order valence-corrected chi connectivity index (χ3v) is 3.25. The van der Waals surface area contributed by atoms with Gasteiger partial charge in [-0.3, -0.25) is 9.69 Å². The molecule has 5 nitrogen and oxygen atoms in total. The zero-order valence-corrected chi connectivity index (χ0v) is 13.0. The van der Waals surface area contributed by atoms with E-state index in [-0.39, 0.29) is 11.9 Å². The molecule has 1 N–H and O–H groups in total. The van der Waals surface area contributed by atoms with E-state index < -0.39 is 5.60 Å². The van der Waals surface area contributed by atoms with E-state index in [0.717, 1.165) is 17.7 Å². The first kappa shape index (κ1) is 15.5. The number of likely N-dealkylation sites (N-methyl/N-ethyl adjacent to an activating group) is 1. The first-order valence-corrected chi connectivity index (χ1v) is 7.13. The van der Waals surface area contributed by atoms with Gasteiger partial charge in [-0.1, -0.05) is 0 Å². The van der Waals surface area contributed by atoms with E-state index in [1.807, 2.05) is 32.9 Å². The van der Waals surface area contributed by atoms with Crippen LogP contribution in [0.1, 0.15) is 36.7 Å². The van der Waals surface area contributed by atoms with Crippen LogP contribution in [0.5, 0.6) is 0 Å². The summed E-state index contributed by atoms with van der Waals surface area (Å²) < 4.78 is 5.40. The van der Waals surface area contributed by atoms with Crippen molar-refractivity contribution in [2.24, 2.45) is 0 Å². The van der Waals surface area contributed by atoms with Crippen molar-refractivity contribution in [1.29, 1.82) is 0 Å². The lowest BCUT2D eigenvalue weighted by Gasteiger charge is -2.24. The molecule has 114 valence electrons. The number of amides is 1. The second-order valence-electron chi connectivity index (χ2n) is 6.18. The topological polar surface area (TPSA) is 58.6 Å². The van der Waals surface area contributed by atoms with Crippen LogP contribution in [-0.2, 0) is 11.2 Å². The number of hydrogen-bond donors (Lipinski definition) is 1. The Morgan fingerprint density at radius 1 is 1.33 bits per heavy atom. The fraction of sp³-hybridized carbons (Fsp3) is 0.500. The average Bonchev–Trinajstić information content (AvgIpc) is 2.79. The zero-order valence-electron chi connectivity index (χ0n) is 13.0. The maximum absolute atomic E-state index is 12.2. The van der Waals surface area contributed by atoms with Gasteiger partial charge in [0.05, 0.1) is 12.2 Å². The number of Topliss-reactive ketones (excluding diaryl/α,β-unsaturated/α-hetero) is 1. The number of hydrogen-bond acceptors (Lipinski definition) is 4. The van der Waals surface area contributed by atoms with Crippen molar-refractivity contribution in [3.8, 4) is 0 Å². The summed E-state index contributed by atoms with van der Waals surface area (Å²) in [7, 11) is 1.75. The molecule has 1 amide bonds. The second kappa shape index (κ2) is 5.85. The number of carbonyl (C=O) groups excluding carboxylic acids is 2. The molecule has 0 fully saturated rings. The van der Waals surface area contributed by atoms with Crippen LogP contribution >= 0.6 is 0 Å². The smallest absolute Gasteiger partial charge is 0.414 e. The quantitative estimate of drug-likeness (QED) is 0.868. The van der Waals surface area contributed by atoms with Crippen molar-refractivity contribution >= 4 is 17.6 Å². The summed E-state index contributed by atoms with van der Waals surface area (Å²) in [6.45, 7) is 6.45. The Kier molecular flexibility index (Phi) is 4.32. The number of anilines is 1. The Morgan fingerprint density at radius 3 is 2.67 bits per heavy atom. The van der Waals surface area contributed by atoms with E-state index in [9.17, 15) is 9.59 Å². The first-order valence-electron chi connectivity index (χ1n) is 7.13. The van der Waals surface area contributed by atoms with Gasteiger partial charge in [0.2, 0.25) is 0 Å². The maximum Gasteiger partial charge on any atom is 0.414 e. The average molecular weight is 290 g/mol. The minimum absolute atomic E-state index is 0.0519. The summed E-state index contributed by atoms with van der Waals surface area (Å²) in [4.78, 5) is 25.7. The standard InChI is InChI=1S/C16H22N2O3/c1-16(2,3)21-15(20)18-8-7-11-9-12(5-6-13(11)18)14(19)10-17-4/h5-6,9,17H,7-8,10H2,1-4H3. The number of carbonyl (C=O) groups is 2. The minimum atomic E-state index is -0.511. The number of nitrogens with one attached hydrogen (secondary N) is 1. The predicted molar refractivity (Wildman–Crippen MR) is 82.0 cm³/mol. The van der Waals surface area contributed by atoms with Gasteiger partial charge in [0, 0.05) is 12.1 Å². The SMILES string of the molecule is CNCC(=O)c1ccc2c(c1)CCN2C(=O)OC(C)(C)C. The number of ketones is 1. The fourth-order valence-corrected chi connectivity index (χ4v) is 2.34. The van der Waals surface area contributed by atoms with Gasteiger partial charge in [-0.15, -0.1) is 0 Å². The van der Waals surface area contributed by atoms with E-state index in [4.69, 9.17) is 4.74 Å². The highest BCUT2D eigenvalue weighted by atomic mass is 16.6. The number of fused-ring (bicyclic) bond motifs is 1. The molecule has 0 bridgehead atoms. The van der Waals surface area contributed by atoms with Gasteiger partial charge in [0.25, 0.3) is 0 Å². The van der Waals surface area contributed by atoms with Gasteiger partial charge >= 0.3 is 6.09 Å². The zero-order chi connectivity index (χ0) is 15.6. The molecule has 0 aliphatic carbocycles. The molecule has 1 aromatic carbocycles. The molecule has 0 spiro atoms. The lowest BCUT2D eigenvalue weighted by atomic mass is 10.1. The van der Waals surface area contributed by atoms with Crippen molar-refractivity contribution in [3.63, 3.8) is 0 Å². The van der Waals surface area contributed by atoms with Crippen LogP contribution in [0.25, 0.3) is 0 Å². The lowest BCUT2D eigenvalue weighted by molar-refractivity contribution is 0.0584. The summed E-state index contributed by atoms with van der Waals surface area (Å²) in [5.41, 5.74) is 2.02. The highest BCUT2D eigenvalue weighted by Crippen LogP contribution is 2.30. The van der Waals surface area contributed by atoms with Gasteiger partial charge in [0.15, 0.2) is 5.78 Å². The van der Waals surface area contributed by atoms with Crippen LogP contribution in [0.15, 0.2) is 18.2 Å². The monoisotopic (exact) mass is 290 g/mol. The summed E-state index contributed by atoms with van der Waals surface area (Å²) >= 11 is 0. The molecular weight excluding hydrogens is 268 g/mol. The van der Waals surface area contributed by atoms with Crippen LogP contribution in [0.4, 0.5) is 10.5 Å².